The topological polar surface area (TPSA) is 94.6 Å². The maximum Gasteiger partial charge on any atom is 0.251 e. The third-order valence-electron chi connectivity index (χ3n) is 15.0. The molecule has 8 atom stereocenters. The molecule has 2 aromatic rings. The number of primary amides is 1. The number of ether oxygens (including phenoxy) is 1. The van der Waals surface area contributed by atoms with Crippen LogP contribution in [-0.4, -0.2) is 19.4 Å². The Labute approximate surface area is 309 Å². The van der Waals surface area contributed by atoms with Crippen LogP contribution >= 0.6 is 0 Å². The lowest BCUT2D eigenvalue weighted by atomic mass is 9.36. The van der Waals surface area contributed by atoms with Gasteiger partial charge in [-0.05, 0) is 165 Å². The number of furan rings is 1. The summed E-state index contributed by atoms with van der Waals surface area (Å²) in [5.74, 6) is 6.11. The summed E-state index contributed by atoms with van der Waals surface area (Å²) in [5.41, 5.74) is 8.35. The molecule has 282 valence electrons. The van der Waals surface area contributed by atoms with Gasteiger partial charge in [-0.1, -0.05) is 58.7 Å². The van der Waals surface area contributed by atoms with Crippen molar-refractivity contribution in [2.75, 3.05) is 7.11 Å². The first-order valence-corrected chi connectivity index (χ1v) is 20.1. The van der Waals surface area contributed by atoms with E-state index in [9.17, 15) is 4.79 Å². The molecule has 0 spiro atoms. The molecule has 5 aliphatic rings. The monoisotopic (exact) mass is 701 g/mol. The van der Waals surface area contributed by atoms with Gasteiger partial charge in [-0.2, -0.15) is 0 Å². The van der Waals surface area contributed by atoms with Crippen molar-refractivity contribution in [1.29, 1.82) is 0 Å². The Bertz CT molecular complexity index is 1470. The summed E-state index contributed by atoms with van der Waals surface area (Å²) in [6.07, 6.45) is 21.8. The number of amides is 2. The molecular formula is C45H68N2O4. The van der Waals surface area contributed by atoms with Gasteiger partial charge in [0.1, 0.15) is 18.1 Å². The number of carbonyl (C=O) groups is 2. The van der Waals surface area contributed by atoms with Crippen LogP contribution in [-0.2, 0) is 29.1 Å². The highest BCUT2D eigenvalue weighted by molar-refractivity contribution is 5.94. The fourth-order valence-electron chi connectivity index (χ4n) is 13.2. The molecule has 0 aliphatic heterocycles. The summed E-state index contributed by atoms with van der Waals surface area (Å²) >= 11 is 0. The molecule has 2 amide bonds. The van der Waals surface area contributed by atoms with Gasteiger partial charge in [0.2, 0.25) is 6.41 Å². The first-order chi connectivity index (χ1) is 24.4. The van der Waals surface area contributed by atoms with Gasteiger partial charge < -0.3 is 20.2 Å². The maximum absolute atomic E-state index is 13.1. The van der Waals surface area contributed by atoms with E-state index in [0.29, 0.717) is 34.8 Å². The number of carbonyl (C=O) groups excluding carboxylic acids is 2. The van der Waals surface area contributed by atoms with Crippen LogP contribution in [0.4, 0.5) is 0 Å². The second-order valence-electron chi connectivity index (χ2n) is 18.0. The lowest BCUT2D eigenvalue weighted by molar-refractivity contribution is -0.195. The lowest BCUT2D eigenvalue weighted by Gasteiger charge is -2.68. The minimum absolute atomic E-state index is 0.0336. The highest BCUT2D eigenvalue weighted by Crippen LogP contribution is 2.73. The van der Waals surface area contributed by atoms with Gasteiger partial charge in [0, 0.05) is 12.7 Å². The average Bonchev–Trinajstić information content (AvgIpc) is 3.74. The highest BCUT2D eigenvalue weighted by Gasteiger charge is 2.65. The zero-order valence-electron chi connectivity index (χ0n) is 32.7. The Balaban J connectivity index is 0.000000787. The van der Waals surface area contributed by atoms with E-state index in [2.05, 4.69) is 63.5 Å². The first-order valence-electron chi connectivity index (χ1n) is 20.1. The average molecular weight is 701 g/mol. The molecule has 6 heteroatoms. The molecule has 7 rings (SSSR count). The number of fused-ring (bicyclic) bond motifs is 7. The molecule has 5 fully saturated rings. The Hall–Kier alpha value is -2.86. The normalized spacial score (nSPS) is 34.4. The van der Waals surface area contributed by atoms with Crippen LogP contribution in [0.5, 0.6) is 0 Å². The Morgan fingerprint density at radius 3 is 2.41 bits per heavy atom. The molecule has 1 heterocycles. The summed E-state index contributed by atoms with van der Waals surface area (Å²) in [5, 5.41) is 3.05. The van der Waals surface area contributed by atoms with E-state index in [1.165, 1.54) is 89.0 Å². The number of allylic oxidation sites excluding steroid dienone is 1. The van der Waals surface area contributed by atoms with Crippen molar-refractivity contribution in [2.45, 2.75) is 138 Å². The Morgan fingerprint density at radius 2 is 1.67 bits per heavy atom. The minimum Gasteiger partial charge on any atom is -0.462 e. The van der Waals surface area contributed by atoms with Crippen LogP contribution in [0.1, 0.15) is 146 Å². The maximum atomic E-state index is 13.1. The molecule has 0 saturated heterocycles. The van der Waals surface area contributed by atoms with Crippen molar-refractivity contribution in [3.05, 3.63) is 71.7 Å². The van der Waals surface area contributed by atoms with E-state index >= 15 is 0 Å². The van der Waals surface area contributed by atoms with E-state index < -0.39 is 0 Å². The quantitative estimate of drug-likeness (QED) is 0.212. The van der Waals surface area contributed by atoms with Gasteiger partial charge in [-0.25, -0.2) is 0 Å². The van der Waals surface area contributed by atoms with Crippen molar-refractivity contribution in [1.82, 2.24) is 5.32 Å². The minimum atomic E-state index is -0.0336. The molecule has 6 nitrogen and oxygen atoms in total. The van der Waals surface area contributed by atoms with Crippen LogP contribution in [0.2, 0.25) is 0 Å². The number of hydrogen-bond acceptors (Lipinski definition) is 4. The van der Waals surface area contributed by atoms with E-state index in [1.54, 1.807) is 13.2 Å². The lowest BCUT2D eigenvalue weighted by Crippen LogP contribution is -2.61. The zero-order chi connectivity index (χ0) is 36.9. The smallest absolute Gasteiger partial charge is 0.251 e. The summed E-state index contributed by atoms with van der Waals surface area (Å²) in [6.45, 7) is 16.8. The van der Waals surface area contributed by atoms with E-state index in [4.69, 9.17) is 13.9 Å². The Morgan fingerprint density at radius 1 is 0.922 bits per heavy atom. The predicted octanol–water partition coefficient (Wildman–Crippen LogP) is 10.4. The molecular weight excluding hydrogens is 633 g/mol. The van der Waals surface area contributed by atoms with E-state index in [-0.39, 0.29) is 12.3 Å². The van der Waals surface area contributed by atoms with Gasteiger partial charge in [0.25, 0.3) is 5.91 Å². The number of methoxy groups -OCH3 is 1. The van der Waals surface area contributed by atoms with Crippen molar-refractivity contribution >= 4 is 12.3 Å². The molecule has 1 aromatic carbocycles. The number of aryl methyl sites for hydroxylation is 1. The molecule has 5 saturated carbocycles. The molecule has 3 N–H and O–H groups in total. The molecule has 8 unspecified atom stereocenters. The second kappa shape index (κ2) is 16.4. The van der Waals surface area contributed by atoms with Crippen molar-refractivity contribution < 1.29 is 18.7 Å². The largest absolute Gasteiger partial charge is 0.462 e. The summed E-state index contributed by atoms with van der Waals surface area (Å²) in [4.78, 5) is 21.6. The SMILES string of the molecule is C=CC.COCc1ccc(CNC(=O)c2cccc(CCC34CCCC3C3CCC5C(C)(CCC6C(C)(C)CCCC65C)C3CC4)c2)o1.NC=O. The molecule has 0 radical (unpaired) electrons. The molecule has 51 heavy (non-hydrogen) atoms. The summed E-state index contributed by atoms with van der Waals surface area (Å²) in [7, 11) is 1.65. The van der Waals surface area contributed by atoms with Gasteiger partial charge >= 0.3 is 0 Å². The van der Waals surface area contributed by atoms with Gasteiger partial charge in [-0.15, -0.1) is 6.58 Å². The number of benzene rings is 1. The molecule has 5 aliphatic carbocycles. The summed E-state index contributed by atoms with van der Waals surface area (Å²) < 4.78 is 10.9. The zero-order valence-corrected chi connectivity index (χ0v) is 32.7. The first kappa shape index (κ1) is 39.3. The van der Waals surface area contributed by atoms with Gasteiger partial charge in [0.15, 0.2) is 0 Å². The standard InChI is InChI=1S/C41H59NO3.C3H6.CH3NO/c1-38(2)19-8-20-40(4)35(38)18-22-39(3)33-17-24-41(21-7-11-34(41)32(33)14-15-36(39)40)23-16-28-9-6-10-29(25-28)37(43)42-26-30-12-13-31(45-30)27-44-5;1-3-2;2-1-3/h6,9-10,12-13,25,32-36H,7-8,11,14-24,26-27H2,1-5H3,(H,42,43);3H,1H2,2H3;1H,(H2,2,3). The highest BCUT2D eigenvalue weighted by atomic mass is 16.5. The fourth-order valence-corrected chi connectivity index (χ4v) is 13.2. The Kier molecular flexibility index (Phi) is 12.7. The molecule has 0 bridgehead atoms. The number of rotatable bonds is 8. The third-order valence-corrected chi connectivity index (χ3v) is 15.0. The van der Waals surface area contributed by atoms with E-state index in [1.807, 2.05) is 25.1 Å². The van der Waals surface area contributed by atoms with Crippen LogP contribution in [0.15, 0.2) is 53.5 Å². The fraction of sp³-hybridized carbons (Fsp3) is 0.689. The van der Waals surface area contributed by atoms with Crippen molar-refractivity contribution in [3.63, 3.8) is 0 Å². The van der Waals surface area contributed by atoms with Crippen LogP contribution in [0.25, 0.3) is 0 Å². The van der Waals surface area contributed by atoms with Crippen molar-refractivity contribution in [3.8, 4) is 0 Å². The third kappa shape index (κ3) is 7.92. The summed E-state index contributed by atoms with van der Waals surface area (Å²) in [6, 6.07) is 12.2. The van der Waals surface area contributed by atoms with Crippen molar-refractivity contribution in [2.24, 2.45) is 57.0 Å². The second-order valence-corrected chi connectivity index (χ2v) is 18.0. The number of nitrogens with two attached hydrogens (primary N) is 1. The van der Waals surface area contributed by atoms with Gasteiger partial charge in [-0.3, -0.25) is 9.59 Å². The predicted molar refractivity (Wildman–Crippen MR) is 207 cm³/mol. The van der Waals surface area contributed by atoms with Crippen LogP contribution < -0.4 is 11.1 Å². The van der Waals surface area contributed by atoms with Crippen LogP contribution in [0.3, 0.4) is 0 Å². The molecule has 1 aromatic heterocycles. The van der Waals surface area contributed by atoms with Gasteiger partial charge in [0.05, 0.1) is 6.54 Å². The number of nitrogens with one attached hydrogen (secondary N) is 1. The number of hydrogen-bond donors (Lipinski definition) is 2. The van der Waals surface area contributed by atoms with E-state index in [0.717, 1.165) is 53.1 Å². The van der Waals surface area contributed by atoms with Crippen LogP contribution in [0, 0.1) is 51.2 Å².